The van der Waals surface area contributed by atoms with Crippen LogP contribution < -0.4 is 5.32 Å². The Morgan fingerprint density at radius 1 is 1.39 bits per heavy atom. The van der Waals surface area contributed by atoms with Crippen LogP contribution in [0.5, 0.6) is 0 Å². The van der Waals surface area contributed by atoms with Crippen LogP contribution in [0.2, 0.25) is 0 Å². The van der Waals surface area contributed by atoms with E-state index in [1.165, 1.54) is 0 Å². The third-order valence-electron chi connectivity index (χ3n) is 3.28. The number of rotatable bonds is 6. The molecule has 0 radical (unpaired) electrons. The molecule has 0 spiro atoms. The Bertz CT molecular complexity index is 405. The average molecular weight is 248 g/mol. The summed E-state index contributed by atoms with van der Waals surface area (Å²) in [7, 11) is 0. The minimum Gasteiger partial charge on any atom is -0.394 e. The fraction of sp³-hybridized carbons (Fsp3) is 0.500. The molecule has 0 aromatic heterocycles. The highest BCUT2D eigenvalue weighted by molar-refractivity contribution is 5.32. The molecule has 4 nitrogen and oxygen atoms in total. The van der Waals surface area contributed by atoms with E-state index in [0.717, 1.165) is 12.0 Å². The molecule has 0 aliphatic carbocycles. The molecular weight excluding hydrogens is 228 g/mol. The van der Waals surface area contributed by atoms with Gasteiger partial charge in [-0.25, -0.2) is 0 Å². The van der Waals surface area contributed by atoms with Crippen LogP contribution in [-0.2, 0) is 0 Å². The minimum absolute atomic E-state index is 0.0313. The standard InChI is InChI=1S/C14H20N2O2/c1-3-14(2,10-17)16-9-13(18)12-6-4-11(8-15)5-7-12/h4-7,13,16-18H,3,9-10H2,1-2H3. The van der Waals surface area contributed by atoms with Gasteiger partial charge in [0.1, 0.15) is 0 Å². The van der Waals surface area contributed by atoms with Gasteiger partial charge in [-0.2, -0.15) is 5.26 Å². The predicted molar refractivity (Wildman–Crippen MR) is 69.9 cm³/mol. The first-order chi connectivity index (χ1) is 8.54. The molecule has 0 heterocycles. The van der Waals surface area contributed by atoms with Crippen LogP contribution in [0, 0.1) is 11.3 Å². The van der Waals surface area contributed by atoms with Crippen molar-refractivity contribution in [3.05, 3.63) is 35.4 Å². The highest BCUT2D eigenvalue weighted by atomic mass is 16.3. The van der Waals surface area contributed by atoms with Gasteiger partial charge in [-0.1, -0.05) is 19.1 Å². The predicted octanol–water partition coefficient (Wildman–Crippen LogP) is 1.34. The Morgan fingerprint density at radius 2 is 2.00 bits per heavy atom. The van der Waals surface area contributed by atoms with E-state index in [4.69, 9.17) is 5.26 Å². The molecule has 0 aliphatic heterocycles. The Kier molecular flexibility index (Phi) is 5.29. The van der Waals surface area contributed by atoms with Crippen LogP contribution in [-0.4, -0.2) is 28.9 Å². The van der Waals surface area contributed by atoms with Crippen molar-refractivity contribution >= 4 is 0 Å². The Hall–Kier alpha value is -1.41. The van der Waals surface area contributed by atoms with Gasteiger partial charge in [0.25, 0.3) is 0 Å². The maximum atomic E-state index is 10.0. The van der Waals surface area contributed by atoms with Crippen LogP contribution in [0.1, 0.15) is 37.5 Å². The van der Waals surface area contributed by atoms with Crippen molar-refractivity contribution in [1.82, 2.24) is 5.32 Å². The lowest BCUT2D eigenvalue weighted by atomic mass is 9.99. The van der Waals surface area contributed by atoms with E-state index in [0.29, 0.717) is 12.1 Å². The first-order valence-corrected chi connectivity index (χ1v) is 6.08. The van der Waals surface area contributed by atoms with Crippen molar-refractivity contribution < 1.29 is 10.2 Å². The molecule has 2 atom stereocenters. The van der Waals surface area contributed by atoms with Gasteiger partial charge in [0.15, 0.2) is 0 Å². The number of hydrogen-bond donors (Lipinski definition) is 3. The molecular formula is C14H20N2O2. The van der Waals surface area contributed by atoms with Gasteiger partial charge < -0.3 is 15.5 Å². The summed E-state index contributed by atoms with van der Waals surface area (Å²) in [5.41, 5.74) is 0.971. The van der Waals surface area contributed by atoms with Crippen molar-refractivity contribution in [2.75, 3.05) is 13.2 Å². The van der Waals surface area contributed by atoms with Crippen molar-refractivity contribution in [3.8, 4) is 6.07 Å². The fourth-order valence-corrected chi connectivity index (χ4v) is 1.53. The highest BCUT2D eigenvalue weighted by Crippen LogP contribution is 2.15. The molecule has 0 saturated carbocycles. The normalized spacial score (nSPS) is 15.7. The molecule has 1 aromatic carbocycles. The molecule has 1 aromatic rings. The number of β-amino-alcohol motifs (C(OH)–C–C–N with tert-alkyl or cyclic N) is 1. The first-order valence-electron chi connectivity index (χ1n) is 6.08. The average Bonchev–Trinajstić information content (AvgIpc) is 2.44. The van der Waals surface area contributed by atoms with Gasteiger partial charge in [0, 0.05) is 12.1 Å². The van der Waals surface area contributed by atoms with E-state index in [2.05, 4.69) is 5.32 Å². The summed E-state index contributed by atoms with van der Waals surface area (Å²) in [6.45, 7) is 4.30. The molecule has 0 amide bonds. The molecule has 4 heteroatoms. The SMILES string of the molecule is CCC(C)(CO)NCC(O)c1ccc(C#N)cc1. The summed E-state index contributed by atoms with van der Waals surface area (Å²) in [6, 6.07) is 8.89. The van der Waals surface area contributed by atoms with Crippen LogP contribution in [0.3, 0.4) is 0 Å². The summed E-state index contributed by atoms with van der Waals surface area (Å²) < 4.78 is 0. The zero-order valence-corrected chi connectivity index (χ0v) is 10.8. The second-order valence-corrected chi connectivity index (χ2v) is 4.70. The molecule has 1 rings (SSSR count). The molecule has 0 fully saturated rings. The van der Waals surface area contributed by atoms with Crippen LogP contribution in [0.15, 0.2) is 24.3 Å². The summed E-state index contributed by atoms with van der Waals surface area (Å²) in [6.07, 6.45) is 0.138. The number of benzene rings is 1. The quantitative estimate of drug-likeness (QED) is 0.710. The molecule has 0 saturated heterocycles. The number of hydrogen-bond acceptors (Lipinski definition) is 4. The number of nitrogens with one attached hydrogen (secondary N) is 1. The lowest BCUT2D eigenvalue weighted by Crippen LogP contribution is -2.46. The van der Waals surface area contributed by atoms with Gasteiger partial charge in [0.2, 0.25) is 0 Å². The smallest absolute Gasteiger partial charge is 0.0991 e. The Labute approximate surface area is 108 Å². The number of aliphatic hydroxyl groups is 2. The fourth-order valence-electron chi connectivity index (χ4n) is 1.53. The van der Waals surface area contributed by atoms with Gasteiger partial charge >= 0.3 is 0 Å². The molecule has 2 unspecified atom stereocenters. The summed E-state index contributed by atoms with van der Waals surface area (Å²) in [5, 5.41) is 31.1. The monoisotopic (exact) mass is 248 g/mol. The summed E-state index contributed by atoms with van der Waals surface area (Å²) in [5.74, 6) is 0. The van der Waals surface area contributed by atoms with Crippen molar-refractivity contribution in [1.29, 1.82) is 5.26 Å². The summed E-state index contributed by atoms with van der Waals surface area (Å²) >= 11 is 0. The van der Waals surface area contributed by atoms with Gasteiger partial charge in [-0.3, -0.25) is 0 Å². The van der Waals surface area contributed by atoms with E-state index in [9.17, 15) is 10.2 Å². The zero-order valence-electron chi connectivity index (χ0n) is 10.8. The zero-order chi connectivity index (χ0) is 13.6. The first kappa shape index (κ1) is 14.7. The third kappa shape index (κ3) is 3.81. The third-order valence-corrected chi connectivity index (χ3v) is 3.28. The second kappa shape index (κ2) is 6.50. The topological polar surface area (TPSA) is 76.3 Å². The van der Waals surface area contributed by atoms with E-state index in [1.807, 2.05) is 19.9 Å². The Morgan fingerprint density at radius 3 is 2.44 bits per heavy atom. The lowest BCUT2D eigenvalue weighted by Gasteiger charge is -2.28. The van der Waals surface area contributed by atoms with Crippen LogP contribution in [0.25, 0.3) is 0 Å². The number of nitriles is 1. The van der Waals surface area contributed by atoms with Crippen molar-refractivity contribution in [3.63, 3.8) is 0 Å². The van der Waals surface area contributed by atoms with E-state index in [1.54, 1.807) is 24.3 Å². The van der Waals surface area contributed by atoms with Crippen LogP contribution in [0.4, 0.5) is 0 Å². The van der Waals surface area contributed by atoms with Gasteiger partial charge in [-0.05, 0) is 31.0 Å². The largest absolute Gasteiger partial charge is 0.394 e. The lowest BCUT2D eigenvalue weighted by molar-refractivity contribution is 0.126. The van der Waals surface area contributed by atoms with Gasteiger partial charge in [0.05, 0.1) is 24.3 Å². The maximum Gasteiger partial charge on any atom is 0.0991 e. The van der Waals surface area contributed by atoms with E-state index < -0.39 is 6.10 Å². The number of aliphatic hydroxyl groups excluding tert-OH is 2. The number of nitrogens with zero attached hydrogens (tertiary/aromatic N) is 1. The molecule has 18 heavy (non-hydrogen) atoms. The molecule has 0 aliphatic rings. The van der Waals surface area contributed by atoms with Crippen molar-refractivity contribution in [2.45, 2.75) is 31.9 Å². The minimum atomic E-state index is -0.643. The highest BCUT2D eigenvalue weighted by Gasteiger charge is 2.21. The molecule has 98 valence electrons. The summed E-state index contributed by atoms with van der Waals surface area (Å²) in [4.78, 5) is 0. The molecule has 0 bridgehead atoms. The maximum absolute atomic E-state index is 10.0. The van der Waals surface area contributed by atoms with E-state index >= 15 is 0 Å². The van der Waals surface area contributed by atoms with E-state index in [-0.39, 0.29) is 12.1 Å². The van der Waals surface area contributed by atoms with Gasteiger partial charge in [-0.15, -0.1) is 0 Å². The van der Waals surface area contributed by atoms with Crippen molar-refractivity contribution in [2.24, 2.45) is 0 Å². The Balaban J connectivity index is 2.60. The second-order valence-electron chi connectivity index (χ2n) is 4.70. The molecule has 3 N–H and O–H groups in total. The van der Waals surface area contributed by atoms with Crippen LogP contribution >= 0.6 is 0 Å².